The van der Waals surface area contributed by atoms with Crippen molar-refractivity contribution in [3.8, 4) is 11.5 Å². The summed E-state index contributed by atoms with van der Waals surface area (Å²) in [6.07, 6.45) is 2.09. The van der Waals surface area contributed by atoms with Gasteiger partial charge in [0.05, 0.1) is 19.3 Å². The zero-order chi connectivity index (χ0) is 21.3. The van der Waals surface area contributed by atoms with Gasteiger partial charge in [0.15, 0.2) is 0 Å². The van der Waals surface area contributed by atoms with Gasteiger partial charge in [-0.25, -0.2) is 0 Å². The molecule has 3 rings (SSSR count). The number of carbonyl (C=O) groups is 2. The van der Waals surface area contributed by atoms with Crippen LogP contribution in [0.4, 0.5) is 5.69 Å². The second-order valence-corrected chi connectivity index (χ2v) is 7.47. The highest BCUT2D eigenvalue weighted by Gasteiger charge is 2.26. The molecular weight excluding hydrogens is 382 g/mol. The number of nitrogens with zero attached hydrogens (tertiary/aromatic N) is 1. The van der Waals surface area contributed by atoms with Crippen LogP contribution in [0.15, 0.2) is 48.5 Å². The highest BCUT2D eigenvalue weighted by atomic mass is 16.5. The van der Waals surface area contributed by atoms with E-state index in [1.807, 2.05) is 24.3 Å². The molecule has 0 unspecified atom stereocenters. The van der Waals surface area contributed by atoms with Crippen molar-refractivity contribution in [1.82, 2.24) is 10.2 Å². The quantitative estimate of drug-likeness (QED) is 0.581. The number of para-hydroxylation sites is 3. The maximum atomic E-state index is 12.4. The number of nitrogens with one attached hydrogen (secondary N) is 2. The number of carbonyl (C=O) groups excluding carboxylic acids is 2. The van der Waals surface area contributed by atoms with Gasteiger partial charge in [0.1, 0.15) is 11.5 Å². The molecule has 1 aliphatic heterocycles. The number of hydrogen-bond donors (Lipinski definition) is 3. The van der Waals surface area contributed by atoms with Crippen LogP contribution in [0.3, 0.4) is 0 Å². The van der Waals surface area contributed by atoms with Crippen LogP contribution in [0.1, 0.15) is 18.4 Å². The van der Waals surface area contributed by atoms with Crippen molar-refractivity contribution < 1.29 is 19.4 Å². The Balaban J connectivity index is 1.37. The number of phenols is 1. The van der Waals surface area contributed by atoms with Crippen molar-refractivity contribution in [2.45, 2.75) is 19.3 Å². The Labute approximate surface area is 177 Å². The molecule has 1 aliphatic rings. The van der Waals surface area contributed by atoms with E-state index in [9.17, 15) is 14.7 Å². The molecule has 0 aromatic heterocycles. The van der Waals surface area contributed by atoms with Gasteiger partial charge in [0, 0.05) is 12.5 Å². The molecule has 2 aromatic carbocycles. The number of likely N-dealkylation sites (tertiary alicyclic amines) is 1. The molecule has 1 heterocycles. The summed E-state index contributed by atoms with van der Waals surface area (Å²) in [7, 11) is 1.64. The maximum absolute atomic E-state index is 12.4. The van der Waals surface area contributed by atoms with Crippen LogP contribution in [0.5, 0.6) is 11.5 Å². The summed E-state index contributed by atoms with van der Waals surface area (Å²) in [6.45, 7) is 2.27. The minimum Gasteiger partial charge on any atom is -0.506 e. The Morgan fingerprint density at radius 1 is 1.10 bits per heavy atom. The molecule has 0 spiro atoms. The molecule has 30 heavy (non-hydrogen) atoms. The summed E-state index contributed by atoms with van der Waals surface area (Å²) in [5, 5.41) is 15.5. The SMILES string of the molecule is COc1ccccc1CCNC(=O)CN1CCC(C(=O)Nc2ccccc2O)CC1. The summed E-state index contributed by atoms with van der Waals surface area (Å²) in [5.41, 5.74) is 1.50. The van der Waals surface area contributed by atoms with Crippen molar-refractivity contribution in [3.05, 3.63) is 54.1 Å². The van der Waals surface area contributed by atoms with Crippen molar-refractivity contribution in [2.75, 3.05) is 38.6 Å². The fourth-order valence-corrected chi connectivity index (χ4v) is 3.67. The normalized spacial score (nSPS) is 14.8. The van der Waals surface area contributed by atoms with Gasteiger partial charge in [-0.3, -0.25) is 14.5 Å². The first-order chi connectivity index (χ1) is 14.6. The number of ether oxygens (including phenoxy) is 1. The lowest BCUT2D eigenvalue weighted by molar-refractivity contribution is -0.123. The summed E-state index contributed by atoms with van der Waals surface area (Å²) >= 11 is 0. The average molecular weight is 412 g/mol. The largest absolute Gasteiger partial charge is 0.506 e. The molecule has 0 saturated carbocycles. The van der Waals surface area contributed by atoms with Crippen molar-refractivity contribution in [1.29, 1.82) is 0 Å². The summed E-state index contributed by atoms with van der Waals surface area (Å²) < 4.78 is 5.33. The highest BCUT2D eigenvalue weighted by molar-refractivity contribution is 5.93. The second kappa shape index (κ2) is 10.6. The molecule has 7 heteroatoms. The zero-order valence-corrected chi connectivity index (χ0v) is 17.3. The van der Waals surface area contributed by atoms with Gasteiger partial charge >= 0.3 is 0 Å². The molecule has 1 fully saturated rings. The standard InChI is InChI=1S/C23H29N3O4/c1-30-21-9-5-2-6-17(21)10-13-24-22(28)16-26-14-11-18(12-15-26)23(29)25-19-7-3-4-8-20(19)27/h2-9,18,27H,10-16H2,1H3,(H,24,28)(H,25,29). The molecule has 7 nitrogen and oxygen atoms in total. The number of phenolic OH excluding ortho intramolecular Hbond substituents is 1. The van der Waals surface area contributed by atoms with Crippen molar-refractivity contribution in [2.24, 2.45) is 5.92 Å². The summed E-state index contributed by atoms with van der Waals surface area (Å²) in [4.78, 5) is 26.8. The van der Waals surface area contributed by atoms with Crippen LogP contribution < -0.4 is 15.4 Å². The second-order valence-electron chi connectivity index (χ2n) is 7.47. The maximum Gasteiger partial charge on any atom is 0.234 e. The minimum absolute atomic E-state index is 0.0120. The fourth-order valence-electron chi connectivity index (χ4n) is 3.67. The van der Waals surface area contributed by atoms with Crippen molar-refractivity contribution in [3.63, 3.8) is 0 Å². The van der Waals surface area contributed by atoms with E-state index in [4.69, 9.17) is 4.74 Å². The third-order valence-corrected chi connectivity index (χ3v) is 5.40. The van der Waals surface area contributed by atoms with E-state index in [-0.39, 0.29) is 23.5 Å². The fraction of sp³-hybridized carbons (Fsp3) is 0.391. The highest BCUT2D eigenvalue weighted by Crippen LogP contribution is 2.24. The summed E-state index contributed by atoms with van der Waals surface area (Å²) in [5.74, 6) is 0.679. The lowest BCUT2D eigenvalue weighted by Crippen LogP contribution is -2.43. The molecule has 0 atom stereocenters. The number of anilines is 1. The molecule has 1 saturated heterocycles. The van der Waals surface area contributed by atoms with Gasteiger partial charge in [-0.2, -0.15) is 0 Å². The molecule has 3 N–H and O–H groups in total. The predicted octanol–water partition coefficient (Wildman–Crippen LogP) is 2.41. The molecule has 160 valence electrons. The van der Waals surface area contributed by atoms with Crippen LogP contribution in [0.25, 0.3) is 0 Å². The van der Waals surface area contributed by atoms with E-state index in [0.29, 0.717) is 51.1 Å². The number of benzene rings is 2. The Bertz CT molecular complexity index is 863. The molecule has 2 amide bonds. The Morgan fingerprint density at radius 3 is 2.53 bits per heavy atom. The number of rotatable bonds is 8. The van der Waals surface area contributed by atoms with E-state index < -0.39 is 0 Å². The third-order valence-electron chi connectivity index (χ3n) is 5.40. The Kier molecular flexibility index (Phi) is 7.68. The third kappa shape index (κ3) is 5.97. The molecular formula is C23H29N3O4. The average Bonchev–Trinajstić information content (AvgIpc) is 2.76. The lowest BCUT2D eigenvalue weighted by Gasteiger charge is -2.30. The number of aromatic hydroxyl groups is 1. The van der Waals surface area contributed by atoms with Gasteiger partial charge in [-0.1, -0.05) is 30.3 Å². The monoisotopic (exact) mass is 411 g/mol. The molecule has 2 aromatic rings. The van der Waals surface area contributed by atoms with E-state index in [1.54, 1.807) is 31.4 Å². The zero-order valence-electron chi connectivity index (χ0n) is 17.3. The first-order valence-electron chi connectivity index (χ1n) is 10.3. The van der Waals surface area contributed by atoms with E-state index in [2.05, 4.69) is 15.5 Å². The van der Waals surface area contributed by atoms with Gasteiger partial charge in [0.25, 0.3) is 0 Å². The first-order valence-corrected chi connectivity index (χ1v) is 10.3. The molecule has 0 bridgehead atoms. The number of methoxy groups -OCH3 is 1. The van der Waals surface area contributed by atoms with Crippen LogP contribution in [-0.4, -0.2) is 55.1 Å². The van der Waals surface area contributed by atoms with Crippen LogP contribution in [0.2, 0.25) is 0 Å². The van der Waals surface area contributed by atoms with Crippen molar-refractivity contribution >= 4 is 17.5 Å². The number of amides is 2. The minimum atomic E-state index is -0.116. The lowest BCUT2D eigenvalue weighted by atomic mass is 9.95. The van der Waals surface area contributed by atoms with Crippen LogP contribution >= 0.6 is 0 Å². The Hall–Kier alpha value is -3.06. The smallest absolute Gasteiger partial charge is 0.234 e. The van der Waals surface area contributed by atoms with Gasteiger partial charge in [-0.05, 0) is 56.1 Å². The van der Waals surface area contributed by atoms with Crippen LogP contribution in [0, 0.1) is 5.92 Å². The Morgan fingerprint density at radius 2 is 1.80 bits per heavy atom. The number of hydrogen-bond acceptors (Lipinski definition) is 5. The van der Waals surface area contributed by atoms with E-state index in [0.717, 1.165) is 11.3 Å². The molecule has 0 radical (unpaired) electrons. The topological polar surface area (TPSA) is 90.9 Å². The predicted molar refractivity (Wildman–Crippen MR) is 116 cm³/mol. The summed E-state index contributed by atoms with van der Waals surface area (Å²) in [6, 6.07) is 14.5. The van der Waals surface area contributed by atoms with Gasteiger partial charge in [0.2, 0.25) is 11.8 Å². The van der Waals surface area contributed by atoms with E-state index >= 15 is 0 Å². The number of piperidine rings is 1. The van der Waals surface area contributed by atoms with E-state index in [1.165, 1.54) is 0 Å². The van der Waals surface area contributed by atoms with Gasteiger partial charge in [-0.15, -0.1) is 0 Å². The van der Waals surface area contributed by atoms with Crippen LogP contribution in [-0.2, 0) is 16.0 Å². The first kappa shape index (κ1) is 21.6. The van der Waals surface area contributed by atoms with Gasteiger partial charge < -0.3 is 20.5 Å². The molecule has 0 aliphatic carbocycles.